The van der Waals surface area contributed by atoms with Crippen molar-refractivity contribution in [2.45, 2.75) is 6.92 Å². The molecule has 0 fully saturated rings. The minimum Gasteiger partial charge on any atom is -0.480 e. The number of hydrogen-bond acceptors (Lipinski definition) is 5. The van der Waals surface area contributed by atoms with Crippen molar-refractivity contribution in [3.05, 3.63) is 0 Å². The second kappa shape index (κ2) is 4.90. The Balaban J connectivity index is 4.91. The van der Waals surface area contributed by atoms with E-state index in [0.717, 1.165) is 6.26 Å². The number of likely N-dealkylation sites (N-methyl/N-ethyl adjacent to an activating group) is 1. The predicted molar refractivity (Wildman–Crippen MR) is 53.5 cm³/mol. The molecule has 0 heterocycles. The lowest BCUT2D eigenvalue weighted by atomic mass is 10.6. The van der Waals surface area contributed by atoms with Gasteiger partial charge in [-0.25, -0.2) is 16.8 Å². The van der Waals surface area contributed by atoms with Crippen LogP contribution in [0.25, 0.3) is 0 Å². The maximum atomic E-state index is 11.4. The van der Waals surface area contributed by atoms with Gasteiger partial charge in [-0.1, -0.05) is 6.92 Å². The fourth-order valence-electron chi connectivity index (χ4n) is 0.903. The lowest BCUT2D eigenvalue weighted by molar-refractivity contribution is -0.137. The van der Waals surface area contributed by atoms with Gasteiger partial charge in [-0.15, -0.1) is 0 Å². The molecule has 0 saturated heterocycles. The summed E-state index contributed by atoms with van der Waals surface area (Å²) in [6.45, 7) is 0.626. The van der Waals surface area contributed by atoms with Crippen molar-refractivity contribution in [3.8, 4) is 0 Å². The third-order valence-electron chi connectivity index (χ3n) is 1.42. The van der Waals surface area contributed by atoms with E-state index in [1.807, 2.05) is 0 Å². The summed E-state index contributed by atoms with van der Waals surface area (Å²) in [5, 5.41) is 7.35. The van der Waals surface area contributed by atoms with Gasteiger partial charge in [-0.05, 0) is 0 Å². The molecule has 0 aromatic rings. The molecule has 0 radical (unpaired) electrons. The van der Waals surface area contributed by atoms with Crippen molar-refractivity contribution >= 4 is 25.8 Å². The third kappa shape index (κ3) is 5.70. The summed E-state index contributed by atoms with van der Waals surface area (Å²) in [5.74, 6) is -1.33. The molecule has 0 amide bonds. The quantitative estimate of drug-likeness (QED) is 0.636. The van der Waals surface area contributed by atoms with Crippen molar-refractivity contribution < 1.29 is 26.7 Å². The van der Waals surface area contributed by atoms with Crippen LogP contribution in [0.5, 0.6) is 0 Å². The average Bonchev–Trinajstić information content (AvgIpc) is 1.94. The molecule has 0 spiro atoms. The molecule has 7 nitrogen and oxygen atoms in total. The van der Waals surface area contributed by atoms with Crippen LogP contribution >= 0.6 is 0 Å². The first-order chi connectivity index (χ1) is 6.58. The maximum Gasteiger partial charge on any atom is 0.318 e. The Bertz CT molecular complexity index is 423. The van der Waals surface area contributed by atoms with Gasteiger partial charge in [-0.2, -0.15) is 4.31 Å². The zero-order chi connectivity index (χ0) is 12.3. The standard InChI is InChI=1S/C6H13NO6S2/c1-3-7(4-6(8)9)15(12,13)5-14(2,10)11/h3-5H2,1-2H3,(H,8,9). The van der Waals surface area contributed by atoms with Crippen LogP contribution in [-0.2, 0) is 24.7 Å². The molecule has 0 rings (SSSR count). The molecule has 0 aromatic heterocycles. The number of rotatable bonds is 6. The van der Waals surface area contributed by atoms with E-state index in [2.05, 4.69) is 0 Å². The van der Waals surface area contributed by atoms with Crippen LogP contribution < -0.4 is 0 Å². The van der Waals surface area contributed by atoms with Gasteiger partial charge in [-0.3, -0.25) is 4.79 Å². The molecule has 0 atom stereocenters. The molecule has 0 unspecified atom stereocenters. The Labute approximate surface area is 88.7 Å². The number of aliphatic carboxylic acids is 1. The van der Waals surface area contributed by atoms with E-state index in [9.17, 15) is 21.6 Å². The Morgan fingerprint density at radius 3 is 2.00 bits per heavy atom. The van der Waals surface area contributed by atoms with Crippen LogP contribution in [0.4, 0.5) is 0 Å². The number of sulfonamides is 1. The van der Waals surface area contributed by atoms with Gasteiger partial charge in [0.25, 0.3) is 0 Å². The van der Waals surface area contributed by atoms with E-state index in [-0.39, 0.29) is 6.54 Å². The highest BCUT2D eigenvalue weighted by Gasteiger charge is 2.26. The van der Waals surface area contributed by atoms with Gasteiger partial charge < -0.3 is 5.11 Å². The van der Waals surface area contributed by atoms with Gasteiger partial charge in [0.1, 0.15) is 6.54 Å². The van der Waals surface area contributed by atoms with Crippen molar-refractivity contribution in [1.29, 1.82) is 0 Å². The van der Waals surface area contributed by atoms with Gasteiger partial charge in [0.2, 0.25) is 10.0 Å². The molecule has 0 saturated carbocycles. The van der Waals surface area contributed by atoms with Crippen LogP contribution in [-0.4, -0.2) is 56.6 Å². The molecular formula is C6H13NO6S2. The van der Waals surface area contributed by atoms with Crippen LogP contribution in [0.15, 0.2) is 0 Å². The van der Waals surface area contributed by atoms with Gasteiger partial charge in [0.15, 0.2) is 14.9 Å². The molecule has 0 aromatic carbocycles. The van der Waals surface area contributed by atoms with Gasteiger partial charge in [0.05, 0.1) is 0 Å². The number of nitrogens with zero attached hydrogens (tertiary/aromatic N) is 1. The summed E-state index contributed by atoms with van der Waals surface area (Å²) in [6, 6.07) is 0. The second-order valence-electron chi connectivity index (χ2n) is 2.98. The molecule has 0 aliphatic heterocycles. The number of carboxylic acids is 1. The average molecular weight is 259 g/mol. The minimum atomic E-state index is -4.06. The molecule has 9 heteroatoms. The number of hydrogen-bond donors (Lipinski definition) is 1. The first kappa shape index (κ1) is 14.3. The molecule has 0 aliphatic carbocycles. The fraction of sp³-hybridized carbons (Fsp3) is 0.833. The van der Waals surface area contributed by atoms with Crippen LogP contribution in [0, 0.1) is 0 Å². The SMILES string of the molecule is CCN(CC(=O)O)S(=O)(=O)CS(C)(=O)=O. The van der Waals surface area contributed by atoms with Gasteiger partial charge in [0, 0.05) is 12.8 Å². The first-order valence-corrected chi connectivity index (χ1v) is 7.63. The summed E-state index contributed by atoms with van der Waals surface area (Å²) in [5.41, 5.74) is 0. The third-order valence-corrected chi connectivity index (χ3v) is 5.50. The summed E-state index contributed by atoms with van der Waals surface area (Å²) >= 11 is 0. The highest BCUT2D eigenvalue weighted by Crippen LogP contribution is 2.04. The first-order valence-electron chi connectivity index (χ1n) is 3.96. The normalized spacial score (nSPS) is 13.0. The van der Waals surface area contributed by atoms with Crippen LogP contribution in [0.2, 0.25) is 0 Å². The number of carbonyl (C=O) groups is 1. The molecule has 1 N–H and O–H groups in total. The fourth-order valence-corrected chi connectivity index (χ4v) is 4.36. The molecule has 0 bridgehead atoms. The number of sulfone groups is 1. The van der Waals surface area contributed by atoms with Crippen molar-refractivity contribution in [2.75, 3.05) is 24.4 Å². The van der Waals surface area contributed by atoms with Crippen molar-refractivity contribution in [2.24, 2.45) is 0 Å². The zero-order valence-electron chi connectivity index (χ0n) is 8.37. The van der Waals surface area contributed by atoms with E-state index in [1.165, 1.54) is 6.92 Å². The molecule has 15 heavy (non-hydrogen) atoms. The highest BCUT2D eigenvalue weighted by atomic mass is 32.3. The molecule has 0 aliphatic rings. The lowest BCUT2D eigenvalue weighted by Crippen LogP contribution is -2.38. The monoisotopic (exact) mass is 259 g/mol. The van der Waals surface area contributed by atoms with E-state index >= 15 is 0 Å². The Hall–Kier alpha value is -0.670. The van der Waals surface area contributed by atoms with Crippen molar-refractivity contribution in [3.63, 3.8) is 0 Å². The minimum absolute atomic E-state index is 0.0792. The van der Waals surface area contributed by atoms with E-state index in [4.69, 9.17) is 5.11 Å². The smallest absolute Gasteiger partial charge is 0.318 e. The molecule has 90 valence electrons. The van der Waals surface area contributed by atoms with Gasteiger partial charge >= 0.3 is 5.97 Å². The van der Waals surface area contributed by atoms with E-state index < -0.39 is 37.5 Å². The summed E-state index contributed by atoms with van der Waals surface area (Å²) < 4.78 is 45.0. The van der Waals surface area contributed by atoms with Crippen molar-refractivity contribution in [1.82, 2.24) is 4.31 Å². The highest BCUT2D eigenvalue weighted by molar-refractivity contribution is 8.06. The second-order valence-corrected chi connectivity index (χ2v) is 7.45. The summed E-state index contributed by atoms with van der Waals surface area (Å²) in [4.78, 5) is 10.3. The van der Waals surface area contributed by atoms with E-state index in [0.29, 0.717) is 4.31 Å². The molecular weight excluding hydrogens is 246 g/mol. The maximum absolute atomic E-state index is 11.4. The predicted octanol–water partition coefficient (Wildman–Crippen LogP) is -1.28. The summed E-state index contributed by atoms with van der Waals surface area (Å²) in [6.07, 6.45) is 0.777. The Morgan fingerprint density at radius 2 is 1.73 bits per heavy atom. The summed E-state index contributed by atoms with van der Waals surface area (Å²) in [7, 11) is -7.76. The zero-order valence-corrected chi connectivity index (χ0v) is 10.0. The Morgan fingerprint density at radius 1 is 1.27 bits per heavy atom. The number of carboxylic acid groups (broad SMARTS) is 1. The van der Waals surface area contributed by atoms with Crippen LogP contribution in [0.3, 0.4) is 0 Å². The Kier molecular flexibility index (Phi) is 4.68. The largest absolute Gasteiger partial charge is 0.480 e. The topological polar surface area (TPSA) is 109 Å². The lowest BCUT2D eigenvalue weighted by Gasteiger charge is -2.17. The van der Waals surface area contributed by atoms with Crippen LogP contribution in [0.1, 0.15) is 6.92 Å². The van der Waals surface area contributed by atoms with E-state index in [1.54, 1.807) is 0 Å².